The van der Waals surface area contributed by atoms with E-state index in [-0.39, 0.29) is 67.9 Å². The van der Waals surface area contributed by atoms with Gasteiger partial charge in [0.2, 0.25) is 0 Å². The van der Waals surface area contributed by atoms with Crippen LogP contribution in [-0.2, 0) is 0 Å². The molecule has 0 radical (unpaired) electrons. The Hall–Kier alpha value is -1.24. The first-order valence-electron chi connectivity index (χ1n) is 5.71. The van der Waals surface area contributed by atoms with Crippen LogP contribution in [0.2, 0.25) is 0 Å². The van der Waals surface area contributed by atoms with Crippen molar-refractivity contribution in [1.29, 1.82) is 0 Å². The van der Waals surface area contributed by atoms with E-state index in [1.54, 1.807) is 74.9 Å². The van der Waals surface area contributed by atoms with Crippen LogP contribution in [-0.4, -0.2) is 39.9 Å². The molecule has 4 aromatic heterocycles. The molecule has 4 aromatic rings. The number of hydrogen-bond acceptors (Lipinski definition) is 4. The average molecular weight is 596 g/mol. The zero-order chi connectivity index (χ0) is 14.1. The first-order chi connectivity index (χ1) is 10.0. The second kappa shape index (κ2) is 26.6. The molecule has 0 aromatic carbocycles. The van der Waals surface area contributed by atoms with Gasteiger partial charge in [-0.25, -0.2) is 19.9 Å². The molecule has 0 amide bonds. The SMILES string of the molecule is Br.Br.Br.Br.c1c[nH]cn1.c1c[nH]cn1.c1c[nH]cn1.c1c[nH]cn1. The van der Waals surface area contributed by atoms with Crippen molar-refractivity contribution in [3.8, 4) is 0 Å². The van der Waals surface area contributed by atoms with Crippen LogP contribution in [0.5, 0.6) is 0 Å². The van der Waals surface area contributed by atoms with Crippen LogP contribution in [0.25, 0.3) is 0 Å². The number of halogens is 4. The van der Waals surface area contributed by atoms with E-state index in [2.05, 4.69) is 39.9 Å². The average Bonchev–Trinajstić information content (AvgIpc) is 3.40. The van der Waals surface area contributed by atoms with Crippen molar-refractivity contribution in [2.75, 3.05) is 0 Å². The molecule has 0 aliphatic heterocycles. The Kier molecular flexibility index (Phi) is 34.0. The number of H-pyrrole nitrogens is 4. The fourth-order valence-electron chi connectivity index (χ4n) is 0.861. The highest BCUT2D eigenvalue weighted by atomic mass is 79.9. The van der Waals surface area contributed by atoms with Crippen molar-refractivity contribution in [2.24, 2.45) is 0 Å². The van der Waals surface area contributed by atoms with Gasteiger partial charge in [-0.05, 0) is 0 Å². The van der Waals surface area contributed by atoms with E-state index in [1.807, 2.05) is 0 Å². The van der Waals surface area contributed by atoms with E-state index in [0.29, 0.717) is 0 Å². The number of rotatable bonds is 0. The Bertz CT molecular complexity index is 366. The van der Waals surface area contributed by atoms with E-state index in [9.17, 15) is 0 Å². The van der Waals surface area contributed by atoms with Crippen LogP contribution < -0.4 is 0 Å². The standard InChI is InChI=1S/4C3H4N2.4BrH/c4*1-2-5-3-4-1;;;;/h4*1-3H,(H,4,5);4*1H. The van der Waals surface area contributed by atoms with E-state index < -0.39 is 0 Å². The predicted molar refractivity (Wildman–Crippen MR) is 116 cm³/mol. The van der Waals surface area contributed by atoms with Gasteiger partial charge in [0.1, 0.15) is 0 Å². The van der Waals surface area contributed by atoms with Gasteiger partial charge in [0.15, 0.2) is 0 Å². The number of hydrogen-bond donors (Lipinski definition) is 4. The minimum atomic E-state index is 0. The third-order valence-electron chi connectivity index (χ3n) is 1.62. The number of imidazole rings is 4. The maximum atomic E-state index is 3.67. The molecule has 0 spiro atoms. The number of aromatic amines is 4. The van der Waals surface area contributed by atoms with Crippen LogP contribution >= 0.6 is 67.9 Å². The lowest BCUT2D eigenvalue weighted by Crippen LogP contribution is -1.44. The Morgan fingerprint density at radius 3 is 0.625 bits per heavy atom. The topological polar surface area (TPSA) is 115 Å². The van der Waals surface area contributed by atoms with Crippen LogP contribution in [0.3, 0.4) is 0 Å². The molecular formula is C12H20Br4N8. The van der Waals surface area contributed by atoms with Gasteiger partial charge < -0.3 is 19.9 Å². The molecular weight excluding hydrogens is 576 g/mol. The molecule has 0 fully saturated rings. The highest BCUT2D eigenvalue weighted by Gasteiger charge is 1.57. The van der Waals surface area contributed by atoms with E-state index in [0.717, 1.165) is 0 Å². The van der Waals surface area contributed by atoms with Crippen molar-refractivity contribution in [3.63, 3.8) is 0 Å². The molecule has 24 heavy (non-hydrogen) atoms. The minimum Gasteiger partial charge on any atom is -0.351 e. The summed E-state index contributed by atoms with van der Waals surface area (Å²) in [5.41, 5.74) is 0. The molecule has 0 bridgehead atoms. The molecule has 0 unspecified atom stereocenters. The van der Waals surface area contributed by atoms with Crippen molar-refractivity contribution in [3.05, 3.63) is 74.9 Å². The molecule has 4 heterocycles. The molecule has 0 saturated carbocycles. The highest BCUT2D eigenvalue weighted by Crippen LogP contribution is 1.64. The van der Waals surface area contributed by atoms with E-state index in [1.165, 1.54) is 0 Å². The quantitative estimate of drug-likeness (QED) is 0.246. The van der Waals surface area contributed by atoms with E-state index >= 15 is 0 Å². The Labute approximate surface area is 181 Å². The molecule has 12 heteroatoms. The van der Waals surface area contributed by atoms with Gasteiger partial charge in [0, 0.05) is 49.6 Å². The molecule has 0 aliphatic rings. The fourth-order valence-corrected chi connectivity index (χ4v) is 0.861. The molecule has 0 atom stereocenters. The lowest BCUT2D eigenvalue weighted by Gasteiger charge is -1.46. The first kappa shape index (κ1) is 30.6. The maximum absolute atomic E-state index is 3.67. The fraction of sp³-hybridized carbons (Fsp3) is 0. The number of nitrogens with one attached hydrogen (secondary N) is 4. The third kappa shape index (κ3) is 23.0. The van der Waals surface area contributed by atoms with Crippen molar-refractivity contribution in [1.82, 2.24) is 39.9 Å². The Morgan fingerprint density at radius 2 is 0.583 bits per heavy atom. The summed E-state index contributed by atoms with van der Waals surface area (Å²) in [4.78, 5) is 25.7. The van der Waals surface area contributed by atoms with Gasteiger partial charge in [0.25, 0.3) is 0 Å². The van der Waals surface area contributed by atoms with Gasteiger partial charge in [-0.15, -0.1) is 67.9 Å². The first-order valence-corrected chi connectivity index (χ1v) is 5.71. The summed E-state index contributed by atoms with van der Waals surface area (Å²) in [5, 5.41) is 0. The third-order valence-corrected chi connectivity index (χ3v) is 1.62. The summed E-state index contributed by atoms with van der Waals surface area (Å²) in [5.74, 6) is 0. The van der Waals surface area contributed by atoms with Crippen LogP contribution in [0, 0.1) is 0 Å². The minimum absolute atomic E-state index is 0. The van der Waals surface area contributed by atoms with Crippen molar-refractivity contribution in [2.45, 2.75) is 0 Å². The van der Waals surface area contributed by atoms with Crippen LogP contribution in [0.15, 0.2) is 74.9 Å². The summed E-state index contributed by atoms with van der Waals surface area (Å²) in [6, 6.07) is 0. The zero-order valence-electron chi connectivity index (χ0n) is 12.4. The summed E-state index contributed by atoms with van der Waals surface area (Å²) < 4.78 is 0. The maximum Gasteiger partial charge on any atom is 0.0919 e. The monoisotopic (exact) mass is 592 g/mol. The van der Waals surface area contributed by atoms with Crippen molar-refractivity contribution < 1.29 is 0 Å². The lowest BCUT2D eigenvalue weighted by atomic mass is 11.0. The molecule has 8 nitrogen and oxygen atoms in total. The molecule has 0 aliphatic carbocycles. The normalized spacial score (nSPS) is 6.67. The summed E-state index contributed by atoms with van der Waals surface area (Å²) >= 11 is 0. The summed E-state index contributed by atoms with van der Waals surface area (Å²) in [6.07, 6.45) is 20.3. The van der Waals surface area contributed by atoms with E-state index in [4.69, 9.17) is 0 Å². The van der Waals surface area contributed by atoms with Gasteiger partial charge in [-0.1, -0.05) is 0 Å². The van der Waals surface area contributed by atoms with Crippen LogP contribution in [0.4, 0.5) is 0 Å². The smallest absolute Gasteiger partial charge is 0.0919 e. The van der Waals surface area contributed by atoms with Gasteiger partial charge in [-0.3, -0.25) is 0 Å². The molecule has 4 N–H and O–H groups in total. The molecule has 4 rings (SSSR count). The number of nitrogens with zero attached hydrogens (tertiary/aromatic N) is 4. The van der Waals surface area contributed by atoms with Crippen molar-refractivity contribution >= 4 is 67.9 Å². The summed E-state index contributed by atoms with van der Waals surface area (Å²) in [6.45, 7) is 0. The molecule has 136 valence electrons. The zero-order valence-corrected chi connectivity index (χ0v) is 19.2. The second-order valence-corrected chi connectivity index (χ2v) is 3.04. The van der Waals surface area contributed by atoms with Gasteiger partial charge >= 0.3 is 0 Å². The molecule has 0 saturated heterocycles. The highest BCUT2D eigenvalue weighted by molar-refractivity contribution is 8.93. The van der Waals surface area contributed by atoms with Crippen LogP contribution in [0.1, 0.15) is 0 Å². The largest absolute Gasteiger partial charge is 0.351 e. The lowest BCUT2D eigenvalue weighted by molar-refractivity contribution is 1.31. The van der Waals surface area contributed by atoms with Gasteiger partial charge in [0.05, 0.1) is 25.3 Å². The Balaban J connectivity index is -0.000000105. The second-order valence-electron chi connectivity index (χ2n) is 3.04. The predicted octanol–water partition coefficient (Wildman–Crippen LogP) is 3.95. The number of aromatic nitrogens is 8. The van der Waals surface area contributed by atoms with Gasteiger partial charge in [-0.2, -0.15) is 0 Å². The Morgan fingerprint density at radius 1 is 0.375 bits per heavy atom. The summed E-state index contributed by atoms with van der Waals surface area (Å²) in [7, 11) is 0.